The molecule has 430 valence electrons. The summed E-state index contributed by atoms with van der Waals surface area (Å²) >= 11 is 0. The van der Waals surface area contributed by atoms with Crippen LogP contribution in [0.15, 0.2) is 36.5 Å². The largest absolute Gasteiger partial charge is 0.394 e. The lowest BCUT2D eigenvalue weighted by Gasteiger charge is -2.40. The van der Waals surface area contributed by atoms with Crippen LogP contribution in [0.3, 0.4) is 0 Å². The van der Waals surface area contributed by atoms with Gasteiger partial charge in [-0.05, 0) is 64.2 Å². The summed E-state index contributed by atoms with van der Waals surface area (Å²) in [5.41, 5.74) is 0. The second kappa shape index (κ2) is 51.1. The molecular formula is C62H117NO10. The van der Waals surface area contributed by atoms with Gasteiger partial charge in [0.1, 0.15) is 36.6 Å². The molecule has 8 N–H and O–H groups in total. The van der Waals surface area contributed by atoms with Crippen LogP contribution in [-0.4, -0.2) is 110 Å². The van der Waals surface area contributed by atoms with E-state index < -0.39 is 74.2 Å². The fourth-order valence-corrected chi connectivity index (χ4v) is 9.91. The Kier molecular flexibility index (Phi) is 48.5. The molecule has 0 aromatic heterocycles. The molecule has 0 bridgehead atoms. The number of hydrogen-bond donors (Lipinski definition) is 8. The number of ether oxygens (including phenoxy) is 2. The molecule has 0 aliphatic carbocycles. The topological polar surface area (TPSA) is 189 Å². The second-order valence-corrected chi connectivity index (χ2v) is 21.8. The number of unbranched alkanes of at least 4 members (excludes halogenated alkanes) is 36. The van der Waals surface area contributed by atoms with Gasteiger partial charge in [-0.1, -0.05) is 256 Å². The lowest BCUT2D eigenvalue weighted by Crippen LogP contribution is -2.60. The molecular weight excluding hydrogens is 919 g/mol. The highest BCUT2D eigenvalue weighted by atomic mass is 16.7. The van der Waals surface area contributed by atoms with Crippen LogP contribution in [0.5, 0.6) is 0 Å². The number of hydrogen-bond acceptors (Lipinski definition) is 10. The van der Waals surface area contributed by atoms with Crippen LogP contribution in [0.2, 0.25) is 0 Å². The first-order valence-corrected chi connectivity index (χ1v) is 30.9. The van der Waals surface area contributed by atoms with E-state index in [0.29, 0.717) is 12.8 Å². The number of aliphatic hydroxyl groups is 7. The Morgan fingerprint density at radius 3 is 1.29 bits per heavy atom. The van der Waals surface area contributed by atoms with E-state index in [1.54, 1.807) is 0 Å². The first-order chi connectivity index (χ1) is 35.7. The zero-order chi connectivity index (χ0) is 53.3. The van der Waals surface area contributed by atoms with E-state index in [-0.39, 0.29) is 12.8 Å². The summed E-state index contributed by atoms with van der Waals surface area (Å²) in [6, 6.07) is -1.19. The van der Waals surface area contributed by atoms with Crippen molar-refractivity contribution in [2.45, 2.75) is 339 Å². The van der Waals surface area contributed by atoms with Gasteiger partial charge in [0.15, 0.2) is 6.29 Å². The van der Waals surface area contributed by atoms with Crippen LogP contribution in [0.4, 0.5) is 0 Å². The highest BCUT2D eigenvalue weighted by molar-refractivity contribution is 5.80. The van der Waals surface area contributed by atoms with Gasteiger partial charge in [-0.15, -0.1) is 0 Å². The van der Waals surface area contributed by atoms with Crippen molar-refractivity contribution in [3.8, 4) is 0 Å². The summed E-state index contributed by atoms with van der Waals surface area (Å²) in [6.45, 7) is 3.44. The maximum atomic E-state index is 13.2. The summed E-state index contributed by atoms with van der Waals surface area (Å²) in [6.07, 6.45) is 52.1. The van der Waals surface area contributed by atoms with Gasteiger partial charge in [0, 0.05) is 0 Å². The Morgan fingerprint density at radius 2 is 0.849 bits per heavy atom. The van der Waals surface area contributed by atoms with E-state index in [0.717, 1.165) is 44.9 Å². The summed E-state index contributed by atoms with van der Waals surface area (Å²) < 4.78 is 11.1. The molecule has 0 radical (unpaired) electrons. The van der Waals surface area contributed by atoms with E-state index in [9.17, 15) is 40.5 Å². The Bertz CT molecular complexity index is 1280. The highest BCUT2D eigenvalue weighted by Crippen LogP contribution is 2.23. The van der Waals surface area contributed by atoms with Gasteiger partial charge < -0.3 is 50.5 Å². The Morgan fingerprint density at radius 1 is 0.479 bits per heavy atom. The SMILES string of the molecule is CCCCC/C=C\C=C/CCCCCCCCCCCC(O)C(=O)NC(COC1OC(CO)C(O)C(O)C1O)C(O)C(O)CCC/C=C/CCCCCCCCCCCCCCCCCCCCCCCCC. The predicted molar refractivity (Wildman–Crippen MR) is 302 cm³/mol. The average Bonchev–Trinajstić information content (AvgIpc) is 3.39. The van der Waals surface area contributed by atoms with Crippen molar-refractivity contribution < 1.29 is 50.0 Å². The summed E-state index contributed by atoms with van der Waals surface area (Å²) in [4.78, 5) is 13.2. The predicted octanol–water partition coefficient (Wildman–Crippen LogP) is 13.5. The molecule has 1 fully saturated rings. The summed E-state index contributed by atoms with van der Waals surface area (Å²) in [5.74, 6) is -0.708. The van der Waals surface area contributed by atoms with Gasteiger partial charge in [-0.25, -0.2) is 0 Å². The van der Waals surface area contributed by atoms with Crippen LogP contribution in [-0.2, 0) is 14.3 Å². The van der Waals surface area contributed by atoms with E-state index in [1.165, 1.54) is 199 Å². The van der Waals surface area contributed by atoms with Crippen LogP contribution in [0.25, 0.3) is 0 Å². The quantitative estimate of drug-likeness (QED) is 0.0165. The number of carbonyl (C=O) groups is 1. The minimum atomic E-state index is -1.67. The molecule has 1 heterocycles. The van der Waals surface area contributed by atoms with E-state index in [2.05, 4.69) is 55.6 Å². The molecule has 11 nitrogen and oxygen atoms in total. The van der Waals surface area contributed by atoms with Crippen LogP contribution < -0.4 is 5.32 Å². The molecule has 9 atom stereocenters. The molecule has 0 aromatic carbocycles. The maximum Gasteiger partial charge on any atom is 0.249 e. The number of rotatable bonds is 53. The first-order valence-electron chi connectivity index (χ1n) is 30.9. The number of allylic oxidation sites excluding steroid dienone is 6. The zero-order valence-corrected chi connectivity index (χ0v) is 47.1. The molecule has 0 aromatic rings. The third-order valence-corrected chi connectivity index (χ3v) is 14.9. The molecule has 1 rings (SSSR count). The number of nitrogens with one attached hydrogen (secondary N) is 1. The van der Waals surface area contributed by atoms with Crippen molar-refractivity contribution in [2.75, 3.05) is 13.2 Å². The molecule has 11 heteroatoms. The summed E-state index contributed by atoms with van der Waals surface area (Å²) in [5, 5.41) is 76.2. The third-order valence-electron chi connectivity index (χ3n) is 14.9. The van der Waals surface area contributed by atoms with Gasteiger partial charge in [0.2, 0.25) is 5.91 Å². The number of carbonyl (C=O) groups excluding carboxylic acids is 1. The maximum absolute atomic E-state index is 13.2. The zero-order valence-electron chi connectivity index (χ0n) is 47.1. The van der Waals surface area contributed by atoms with Gasteiger partial charge in [0.25, 0.3) is 0 Å². The molecule has 0 spiro atoms. The van der Waals surface area contributed by atoms with Crippen molar-refractivity contribution in [3.63, 3.8) is 0 Å². The molecule has 1 aliphatic heterocycles. The fraction of sp³-hybridized carbons (Fsp3) is 0.887. The van der Waals surface area contributed by atoms with Crippen molar-refractivity contribution in [2.24, 2.45) is 0 Å². The first kappa shape index (κ1) is 69.3. The molecule has 1 amide bonds. The normalized spacial score (nSPS) is 20.2. The number of amides is 1. The lowest BCUT2D eigenvalue weighted by molar-refractivity contribution is -0.303. The molecule has 1 aliphatic rings. The minimum absolute atomic E-state index is 0.248. The Hall–Kier alpha value is -1.67. The van der Waals surface area contributed by atoms with Crippen molar-refractivity contribution >= 4 is 5.91 Å². The fourth-order valence-electron chi connectivity index (χ4n) is 9.91. The van der Waals surface area contributed by atoms with Gasteiger partial charge in [-0.2, -0.15) is 0 Å². The summed E-state index contributed by atoms with van der Waals surface area (Å²) in [7, 11) is 0. The van der Waals surface area contributed by atoms with Crippen molar-refractivity contribution in [1.29, 1.82) is 0 Å². The van der Waals surface area contributed by atoms with Crippen molar-refractivity contribution in [3.05, 3.63) is 36.5 Å². The highest BCUT2D eigenvalue weighted by Gasteiger charge is 2.44. The minimum Gasteiger partial charge on any atom is -0.394 e. The second-order valence-electron chi connectivity index (χ2n) is 21.8. The average molecular weight is 1040 g/mol. The molecule has 1 saturated heterocycles. The molecule has 9 unspecified atom stereocenters. The van der Waals surface area contributed by atoms with Crippen LogP contribution in [0.1, 0.15) is 284 Å². The van der Waals surface area contributed by atoms with Gasteiger partial charge >= 0.3 is 0 Å². The Labute approximate surface area is 447 Å². The molecule has 0 saturated carbocycles. The van der Waals surface area contributed by atoms with Crippen LogP contribution in [0, 0.1) is 0 Å². The lowest BCUT2D eigenvalue weighted by atomic mass is 9.98. The smallest absolute Gasteiger partial charge is 0.249 e. The Balaban J connectivity index is 2.27. The van der Waals surface area contributed by atoms with E-state index in [4.69, 9.17) is 9.47 Å². The van der Waals surface area contributed by atoms with Crippen molar-refractivity contribution in [1.82, 2.24) is 5.32 Å². The van der Waals surface area contributed by atoms with Gasteiger partial charge in [0.05, 0.1) is 25.4 Å². The molecule has 73 heavy (non-hydrogen) atoms. The van der Waals surface area contributed by atoms with Gasteiger partial charge in [-0.3, -0.25) is 4.79 Å². The van der Waals surface area contributed by atoms with E-state index in [1.807, 2.05) is 0 Å². The number of aliphatic hydroxyl groups excluding tert-OH is 7. The van der Waals surface area contributed by atoms with E-state index >= 15 is 0 Å². The van der Waals surface area contributed by atoms with Crippen LogP contribution >= 0.6 is 0 Å². The third kappa shape index (κ3) is 39.4. The monoisotopic (exact) mass is 1040 g/mol. The standard InChI is InChI=1S/C62H117NO10/c1-3-5-7-9-11-13-15-17-19-21-23-24-25-26-27-28-29-30-31-32-34-35-37-39-41-43-45-47-49-54(65)57(67)53(52-72-62-60(70)59(69)58(68)56(51-64)73-62)63-61(71)55(66)50-48-46-44-42-40-38-36-33-22-20-18-16-14-12-10-8-6-4-2/h12,14,16,18,41,43,53-60,62,64-70H,3-11,13,15,17,19-40,42,44-52H2,1-2H3,(H,63,71)/b14-12-,18-16-,43-41+.